The molecule has 2 N–H and O–H groups in total. The van der Waals surface area contributed by atoms with Gasteiger partial charge in [0.25, 0.3) is 11.5 Å². The number of nitrogens with one attached hydrogen (secondary N) is 2. The second-order valence-electron chi connectivity index (χ2n) is 8.98. The van der Waals surface area contributed by atoms with Crippen LogP contribution in [0, 0.1) is 18.6 Å². The largest absolute Gasteiger partial charge is 0.450 e. The van der Waals surface area contributed by atoms with E-state index in [0.29, 0.717) is 16.9 Å². The number of hydrogen-bond donors (Lipinski definition) is 2. The second kappa shape index (κ2) is 11.6. The number of anilines is 2. The number of carbonyl (C=O) groups is 1. The number of halogens is 2. The van der Waals surface area contributed by atoms with Crippen molar-refractivity contribution in [1.29, 1.82) is 0 Å². The minimum Gasteiger partial charge on any atom is -0.450 e. The third-order valence-corrected chi connectivity index (χ3v) is 6.04. The van der Waals surface area contributed by atoms with Crippen LogP contribution in [-0.4, -0.2) is 15.7 Å². The van der Waals surface area contributed by atoms with E-state index in [0.717, 1.165) is 11.1 Å². The van der Waals surface area contributed by atoms with Crippen molar-refractivity contribution in [2.45, 2.75) is 13.5 Å². The molecule has 9 heteroatoms. The number of benzene rings is 4. The van der Waals surface area contributed by atoms with E-state index in [1.165, 1.54) is 41.2 Å². The molecule has 4 aromatic carbocycles. The van der Waals surface area contributed by atoms with Crippen molar-refractivity contribution in [3.63, 3.8) is 0 Å². The molecule has 0 aliphatic heterocycles. The Morgan fingerprint density at radius 1 is 0.900 bits per heavy atom. The first-order chi connectivity index (χ1) is 19.4. The zero-order chi connectivity index (χ0) is 28.1. The van der Waals surface area contributed by atoms with Gasteiger partial charge in [0, 0.05) is 17.8 Å². The van der Waals surface area contributed by atoms with Gasteiger partial charge < -0.3 is 15.4 Å². The maximum atomic E-state index is 14.4. The predicted molar refractivity (Wildman–Crippen MR) is 148 cm³/mol. The van der Waals surface area contributed by atoms with Gasteiger partial charge in [0.1, 0.15) is 5.82 Å². The van der Waals surface area contributed by atoms with Crippen LogP contribution in [0.25, 0.3) is 5.69 Å². The Labute approximate surface area is 228 Å². The van der Waals surface area contributed by atoms with Crippen LogP contribution < -0.4 is 20.9 Å². The topological polar surface area (TPSA) is 85.2 Å². The van der Waals surface area contributed by atoms with Gasteiger partial charge in [-0.25, -0.2) is 8.78 Å². The number of para-hydroxylation sites is 1. The number of rotatable bonds is 8. The summed E-state index contributed by atoms with van der Waals surface area (Å²) in [7, 11) is 0. The summed E-state index contributed by atoms with van der Waals surface area (Å²) in [5.41, 5.74) is 2.51. The smallest absolute Gasteiger partial charge is 0.299 e. The predicted octanol–water partition coefficient (Wildman–Crippen LogP) is 6.29. The lowest BCUT2D eigenvalue weighted by molar-refractivity contribution is 0.0951. The van der Waals surface area contributed by atoms with E-state index in [4.69, 9.17) is 4.74 Å². The molecule has 0 unspecified atom stereocenters. The van der Waals surface area contributed by atoms with Gasteiger partial charge in [-0.3, -0.25) is 9.59 Å². The summed E-state index contributed by atoms with van der Waals surface area (Å²) >= 11 is 0. The van der Waals surface area contributed by atoms with Crippen molar-refractivity contribution in [3.05, 3.63) is 142 Å². The Bertz CT molecular complexity index is 1720. The summed E-state index contributed by atoms with van der Waals surface area (Å²) in [6, 6.07) is 25.4. The summed E-state index contributed by atoms with van der Waals surface area (Å²) in [4.78, 5) is 26.4. The monoisotopic (exact) mass is 538 g/mol. The Kier molecular flexibility index (Phi) is 7.63. The fourth-order valence-electron chi connectivity index (χ4n) is 3.92. The van der Waals surface area contributed by atoms with Gasteiger partial charge in [-0.1, -0.05) is 48.0 Å². The van der Waals surface area contributed by atoms with Gasteiger partial charge in [-0.2, -0.15) is 9.78 Å². The number of amides is 1. The van der Waals surface area contributed by atoms with E-state index < -0.39 is 11.4 Å². The van der Waals surface area contributed by atoms with Crippen LogP contribution in [0.2, 0.25) is 0 Å². The number of aromatic nitrogens is 2. The van der Waals surface area contributed by atoms with Crippen molar-refractivity contribution in [1.82, 2.24) is 15.1 Å². The SMILES string of the molecule is Cc1ccc(-n2ncc(Oc3ccccc3F)c(Nc3cccc(C(=O)NCc4ccc(F)cc4)c3)c2=O)cc1. The minimum absolute atomic E-state index is 0.00250. The molecule has 200 valence electrons. The van der Waals surface area contributed by atoms with Crippen LogP contribution in [-0.2, 0) is 6.54 Å². The molecule has 7 nitrogen and oxygen atoms in total. The van der Waals surface area contributed by atoms with Gasteiger partial charge in [0.15, 0.2) is 23.0 Å². The van der Waals surface area contributed by atoms with E-state index in [9.17, 15) is 18.4 Å². The van der Waals surface area contributed by atoms with Gasteiger partial charge in [-0.15, -0.1) is 0 Å². The molecule has 0 saturated heterocycles. The number of nitrogens with zero attached hydrogens (tertiary/aromatic N) is 2. The maximum Gasteiger partial charge on any atom is 0.299 e. The lowest BCUT2D eigenvalue weighted by Crippen LogP contribution is -2.24. The van der Waals surface area contributed by atoms with Crippen molar-refractivity contribution < 1.29 is 18.3 Å². The molecule has 0 atom stereocenters. The highest BCUT2D eigenvalue weighted by atomic mass is 19.1. The van der Waals surface area contributed by atoms with Crippen molar-refractivity contribution in [3.8, 4) is 17.2 Å². The third kappa shape index (κ3) is 6.05. The molecule has 5 rings (SSSR count). The molecule has 0 fully saturated rings. The molecular formula is C31H24F2N4O3. The van der Waals surface area contributed by atoms with E-state index >= 15 is 0 Å². The molecule has 40 heavy (non-hydrogen) atoms. The van der Waals surface area contributed by atoms with E-state index in [1.54, 1.807) is 54.6 Å². The summed E-state index contributed by atoms with van der Waals surface area (Å²) < 4.78 is 34.5. The zero-order valence-corrected chi connectivity index (χ0v) is 21.4. The molecule has 0 saturated carbocycles. The molecule has 0 bridgehead atoms. The average molecular weight is 539 g/mol. The summed E-state index contributed by atoms with van der Waals surface area (Å²) in [5.74, 6) is -1.39. The maximum absolute atomic E-state index is 14.4. The van der Waals surface area contributed by atoms with Crippen molar-refractivity contribution >= 4 is 17.3 Å². The number of aryl methyl sites for hydroxylation is 1. The fraction of sp³-hybridized carbons (Fsp3) is 0.0645. The molecule has 1 amide bonds. The Hall–Kier alpha value is -5.31. The van der Waals surface area contributed by atoms with Crippen molar-refractivity contribution in [2.24, 2.45) is 0 Å². The highest BCUT2D eigenvalue weighted by Crippen LogP contribution is 2.30. The van der Waals surface area contributed by atoms with Crippen LogP contribution >= 0.6 is 0 Å². The number of hydrogen-bond acceptors (Lipinski definition) is 5. The van der Waals surface area contributed by atoms with Gasteiger partial charge in [0.2, 0.25) is 0 Å². The summed E-state index contributed by atoms with van der Waals surface area (Å²) in [6.07, 6.45) is 1.33. The van der Waals surface area contributed by atoms with Crippen LogP contribution in [0.5, 0.6) is 11.5 Å². The second-order valence-corrected chi connectivity index (χ2v) is 8.98. The summed E-state index contributed by atoms with van der Waals surface area (Å²) in [6.45, 7) is 2.14. The molecule has 1 heterocycles. The van der Waals surface area contributed by atoms with Crippen LogP contribution in [0.15, 0.2) is 108 Å². The standard InChI is InChI=1S/C31H24F2N4O3/c1-20-9-15-25(16-10-20)37-31(39)29(28(19-35-37)40-27-8-3-2-7-26(27)33)36-24-6-4-5-22(17-24)30(38)34-18-21-11-13-23(32)14-12-21/h2-17,19,36H,18H2,1H3,(H,34,38). The highest BCUT2D eigenvalue weighted by molar-refractivity contribution is 5.95. The highest BCUT2D eigenvalue weighted by Gasteiger charge is 2.17. The first-order valence-corrected chi connectivity index (χ1v) is 12.4. The Balaban J connectivity index is 1.45. The van der Waals surface area contributed by atoms with E-state index in [1.807, 2.05) is 19.1 Å². The molecular weight excluding hydrogens is 514 g/mol. The molecule has 1 aromatic heterocycles. The lowest BCUT2D eigenvalue weighted by Gasteiger charge is -2.15. The molecule has 5 aromatic rings. The Morgan fingerprint density at radius 3 is 2.40 bits per heavy atom. The first kappa shape index (κ1) is 26.3. The minimum atomic E-state index is -0.601. The van der Waals surface area contributed by atoms with Crippen LogP contribution in [0.4, 0.5) is 20.2 Å². The van der Waals surface area contributed by atoms with Gasteiger partial charge in [-0.05, 0) is 67.1 Å². The van der Waals surface area contributed by atoms with Crippen LogP contribution in [0.3, 0.4) is 0 Å². The van der Waals surface area contributed by atoms with E-state index in [-0.39, 0.29) is 35.5 Å². The van der Waals surface area contributed by atoms with Crippen LogP contribution in [0.1, 0.15) is 21.5 Å². The van der Waals surface area contributed by atoms with Crippen molar-refractivity contribution in [2.75, 3.05) is 5.32 Å². The molecule has 0 aliphatic carbocycles. The lowest BCUT2D eigenvalue weighted by atomic mass is 10.1. The Morgan fingerprint density at radius 2 is 1.65 bits per heavy atom. The third-order valence-electron chi connectivity index (χ3n) is 6.04. The normalized spacial score (nSPS) is 10.7. The first-order valence-electron chi connectivity index (χ1n) is 12.4. The zero-order valence-electron chi connectivity index (χ0n) is 21.4. The number of carbonyl (C=O) groups excluding carboxylic acids is 1. The summed E-state index contributed by atoms with van der Waals surface area (Å²) in [5, 5.41) is 10.1. The average Bonchev–Trinajstić information content (AvgIpc) is 2.96. The van der Waals surface area contributed by atoms with E-state index in [2.05, 4.69) is 15.7 Å². The van der Waals surface area contributed by atoms with Gasteiger partial charge in [0.05, 0.1) is 11.9 Å². The van der Waals surface area contributed by atoms with Gasteiger partial charge >= 0.3 is 0 Å². The fourth-order valence-corrected chi connectivity index (χ4v) is 3.92. The molecule has 0 spiro atoms. The quantitative estimate of drug-likeness (QED) is 0.243. The molecule has 0 radical (unpaired) electrons. The molecule has 0 aliphatic rings. The number of ether oxygens (including phenoxy) is 1.